The average Bonchev–Trinajstić information content (AvgIpc) is 3.49. The van der Waals surface area contributed by atoms with Crippen LogP contribution in [-0.4, -0.2) is 36.7 Å². The van der Waals surface area contributed by atoms with Crippen molar-refractivity contribution in [1.29, 1.82) is 0 Å². The number of para-hydroxylation sites is 2. The molecule has 0 aromatic heterocycles. The molecule has 4 atom stereocenters. The van der Waals surface area contributed by atoms with Crippen LogP contribution in [0.25, 0.3) is 6.08 Å². The lowest BCUT2D eigenvalue weighted by Gasteiger charge is -2.37. The summed E-state index contributed by atoms with van der Waals surface area (Å²) in [6.07, 6.45) is 3.82. The van der Waals surface area contributed by atoms with E-state index in [1.807, 2.05) is 59.5 Å². The minimum atomic E-state index is -1.50. The van der Waals surface area contributed by atoms with Crippen molar-refractivity contribution in [2.45, 2.75) is 17.5 Å². The van der Waals surface area contributed by atoms with Gasteiger partial charge in [0.1, 0.15) is 23.0 Å². The Bertz CT molecular complexity index is 1780. The van der Waals surface area contributed by atoms with Gasteiger partial charge in [-0.25, -0.2) is 4.39 Å². The molecule has 1 saturated heterocycles. The maximum Gasteiger partial charge on any atom is 0.238 e. The fourth-order valence-electron chi connectivity index (χ4n) is 6.90. The van der Waals surface area contributed by atoms with Crippen LogP contribution in [0.4, 0.5) is 15.8 Å². The predicted octanol–water partition coefficient (Wildman–Crippen LogP) is 5.69. The molecule has 1 N–H and O–H groups in total. The van der Waals surface area contributed by atoms with Crippen LogP contribution in [0.2, 0.25) is 0 Å². The number of methoxy groups -OCH3 is 1. The Labute approximate surface area is 236 Å². The number of halogens is 1. The van der Waals surface area contributed by atoms with Crippen molar-refractivity contribution in [2.24, 2.45) is 5.92 Å². The number of hydrogen-bond acceptors (Lipinski definition) is 5. The van der Waals surface area contributed by atoms with E-state index in [1.165, 1.54) is 25.3 Å². The van der Waals surface area contributed by atoms with Gasteiger partial charge in [-0.3, -0.25) is 14.4 Å². The van der Waals surface area contributed by atoms with Gasteiger partial charge in [-0.15, -0.1) is 0 Å². The van der Waals surface area contributed by atoms with Gasteiger partial charge < -0.3 is 15.0 Å². The zero-order chi connectivity index (χ0) is 28.3. The molecule has 3 heterocycles. The molecular formula is C34H25FN2O4. The van der Waals surface area contributed by atoms with Crippen LogP contribution >= 0.6 is 0 Å². The van der Waals surface area contributed by atoms with Crippen molar-refractivity contribution in [3.63, 3.8) is 0 Å². The second kappa shape index (κ2) is 9.27. The number of nitrogens with zero attached hydrogens (tertiary/aromatic N) is 1. The van der Waals surface area contributed by atoms with Crippen LogP contribution in [0.5, 0.6) is 5.75 Å². The first-order valence-electron chi connectivity index (χ1n) is 13.4. The summed E-state index contributed by atoms with van der Waals surface area (Å²) in [5.74, 6) is -2.82. The molecule has 4 unspecified atom stereocenters. The molecule has 3 aliphatic heterocycles. The summed E-state index contributed by atoms with van der Waals surface area (Å²) in [6.45, 7) is 0. The number of amides is 1. The van der Waals surface area contributed by atoms with E-state index in [-0.39, 0.29) is 11.3 Å². The van der Waals surface area contributed by atoms with Gasteiger partial charge >= 0.3 is 0 Å². The van der Waals surface area contributed by atoms with Crippen molar-refractivity contribution in [3.8, 4) is 5.75 Å². The van der Waals surface area contributed by atoms with Crippen LogP contribution in [0.15, 0.2) is 103 Å². The Morgan fingerprint density at radius 2 is 1.66 bits per heavy atom. The number of nitrogens with one attached hydrogen (secondary N) is 1. The highest BCUT2D eigenvalue weighted by Crippen LogP contribution is 2.58. The van der Waals surface area contributed by atoms with Crippen molar-refractivity contribution in [1.82, 2.24) is 0 Å². The lowest BCUT2D eigenvalue weighted by Crippen LogP contribution is -2.51. The normalized spacial score (nSPS) is 23.5. The molecule has 0 radical (unpaired) electrons. The number of carbonyl (C=O) groups is 3. The first-order valence-corrected chi connectivity index (χ1v) is 13.4. The highest BCUT2D eigenvalue weighted by atomic mass is 19.1. The van der Waals surface area contributed by atoms with Crippen LogP contribution in [0.3, 0.4) is 0 Å². The zero-order valence-corrected chi connectivity index (χ0v) is 22.1. The monoisotopic (exact) mass is 544 g/mol. The molecule has 1 fully saturated rings. The summed E-state index contributed by atoms with van der Waals surface area (Å²) in [5, 5.41) is 2.98. The van der Waals surface area contributed by atoms with Gasteiger partial charge in [0, 0.05) is 16.9 Å². The standard InChI is InChI=1S/C34H25FN2O4/c1-41-22-11-8-10-21(19-22)31(38)30-29(32(39)23-12-3-5-14-25(23)35)34(24-13-4-6-15-26(24)36-33(34)40)28-18-17-20-9-2-7-16-27(20)37(28)30/h2-19,28-30H,1H3,(H,36,40). The highest BCUT2D eigenvalue weighted by molar-refractivity contribution is 6.18. The Morgan fingerprint density at radius 1 is 0.902 bits per heavy atom. The fraction of sp³-hybridized carbons (Fsp3) is 0.147. The van der Waals surface area contributed by atoms with Crippen molar-refractivity contribution >= 4 is 34.9 Å². The predicted molar refractivity (Wildman–Crippen MR) is 154 cm³/mol. The van der Waals surface area contributed by atoms with Crippen molar-refractivity contribution in [2.75, 3.05) is 17.3 Å². The number of carbonyl (C=O) groups excluding carboxylic acids is 3. The number of fused-ring (bicyclic) bond motifs is 6. The summed E-state index contributed by atoms with van der Waals surface area (Å²) in [6, 6.07) is 25.5. The van der Waals surface area contributed by atoms with Gasteiger partial charge in [-0.05, 0) is 47.5 Å². The smallest absolute Gasteiger partial charge is 0.238 e. The third kappa shape index (κ3) is 3.45. The minimum Gasteiger partial charge on any atom is -0.497 e. The lowest BCUT2D eigenvalue weighted by molar-refractivity contribution is -0.121. The third-order valence-electron chi connectivity index (χ3n) is 8.59. The summed E-state index contributed by atoms with van der Waals surface area (Å²) in [7, 11) is 1.51. The van der Waals surface area contributed by atoms with Gasteiger partial charge in [0.05, 0.1) is 24.6 Å². The van der Waals surface area contributed by atoms with Gasteiger partial charge in [-0.2, -0.15) is 0 Å². The minimum absolute atomic E-state index is 0.158. The maximum absolute atomic E-state index is 15.3. The molecule has 4 aromatic rings. The number of hydrogen-bond donors (Lipinski definition) is 1. The van der Waals surface area contributed by atoms with Crippen LogP contribution in [0, 0.1) is 11.7 Å². The van der Waals surface area contributed by atoms with Gasteiger partial charge in [0.15, 0.2) is 11.6 Å². The number of anilines is 2. The molecule has 7 heteroatoms. The molecule has 6 nitrogen and oxygen atoms in total. The highest BCUT2D eigenvalue weighted by Gasteiger charge is 2.70. The summed E-state index contributed by atoms with van der Waals surface area (Å²) < 4.78 is 20.7. The Hall–Kier alpha value is -5.04. The molecule has 0 bridgehead atoms. The van der Waals surface area contributed by atoms with Gasteiger partial charge in [0.2, 0.25) is 5.91 Å². The summed E-state index contributed by atoms with van der Waals surface area (Å²) >= 11 is 0. The van der Waals surface area contributed by atoms with Gasteiger partial charge in [-0.1, -0.05) is 72.8 Å². The quantitative estimate of drug-likeness (QED) is 0.327. The fourth-order valence-corrected chi connectivity index (χ4v) is 6.90. The van der Waals surface area contributed by atoms with Crippen LogP contribution in [-0.2, 0) is 10.2 Å². The summed E-state index contributed by atoms with van der Waals surface area (Å²) in [5.41, 5.74) is 1.43. The molecule has 1 spiro atoms. The van der Waals surface area contributed by atoms with E-state index in [0.717, 1.165) is 11.3 Å². The maximum atomic E-state index is 15.3. The van der Waals surface area contributed by atoms with E-state index in [0.29, 0.717) is 22.6 Å². The number of rotatable bonds is 5. The van der Waals surface area contributed by atoms with Crippen molar-refractivity contribution < 1.29 is 23.5 Å². The molecule has 1 amide bonds. The molecule has 4 aromatic carbocycles. The Kier molecular flexibility index (Phi) is 5.64. The number of ketones is 2. The van der Waals surface area contributed by atoms with Crippen molar-refractivity contribution in [3.05, 3.63) is 131 Å². The molecule has 41 heavy (non-hydrogen) atoms. The SMILES string of the molecule is COc1cccc(C(=O)C2C(C(=O)c3ccccc3F)C3(C(=O)Nc4ccccc43)C3C=Cc4ccccc4N23)c1. The van der Waals surface area contributed by atoms with E-state index in [1.54, 1.807) is 36.4 Å². The molecular weight excluding hydrogens is 519 g/mol. The molecule has 3 aliphatic rings. The lowest BCUT2D eigenvalue weighted by atomic mass is 9.64. The van der Waals surface area contributed by atoms with Crippen LogP contribution in [0.1, 0.15) is 31.8 Å². The number of benzene rings is 4. The van der Waals surface area contributed by atoms with E-state index in [4.69, 9.17) is 4.74 Å². The molecule has 0 aliphatic carbocycles. The molecule has 7 rings (SSSR count). The first kappa shape index (κ1) is 25.0. The molecule has 0 saturated carbocycles. The largest absolute Gasteiger partial charge is 0.497 e. The topological polar surface area (TPSA) is 75.7 Å². The van der Waals surface area contributed by atoms with Gasteiger partial charge in [0.25, 0.3) is 0 Å². The van der Waals surface area contributed by atoms with E-state index >= 15 is 4.39 Å². The Morgan fingerprint density at radius 3 is 2.49 bits per heavy atom. The molecule has 202 valence electrons. The Balaban J connectivity index is 1.54. The number of ether oxygens (including phenoxy) is 1. The number of Topliss-reactive ketones (excluding diaryl/α,β-unsaturated/α-hetero) is 2. The second-order valence-electron chi connectivity index (χ2n) is 10.5. The summed E-state index contributed by atoms with van der Waals surface area (Å²) in [4.78, 5) is 45.5. The average molecular weight is 545 g/mol. The van der Waals surface area contributed by atoms with E-state index in [9.17, 15) is 14.4 Å². The van der Waals surface area contributed by atoms with Crippen LogP contribution < -0.4 is 15.0 Å². The zero-order valence-electron chi connectivity index (χ0n) is 22.1. The van der Waals surface area contributed by atoms with E-state index in [2.05, 4.69) is 5.32 Å². The third-order valence-corrected chi connectivity index (χ3v) is 8.59. The second-order valence-corrected chi connectivity index (χ2v) is 10.5. The van der Waals surface area contributed by atoms with E-state index < -0.39 is 40.9 Å². The first-order chi connectivity index (χ1) is 20.0.